The summed E-state index contributed by atoms with van der Waals surface area (Å²) in [4.78, 5) is 29.7. The van der Waals surface area contributed by atoms with Gasteiger partial charge in [0.1, 0.15) is 11.2 Å². The van der Waals surface area contributed by atoms with Crippen LogP contribution in [0.3, 0.4) is 0 Å². The molecule has 0 amide bonds. The van der Waals surface area contributed by atoms with Gasteiger partial charge >= 0.3 is 5.97 Å². The van der Waals surface area contributed by atoms with Crippen molar-refractivity contribution >= 4 is 5.97 Å². The van der Waals surface area contributed by atoms with E-state index in [0.29, 0.717) is 6.42 Å². The van der Waals surface area contributed by atoms with Gasteiger partial charge in [0, 0.05) is 5.41 Å². The second-order valence-electron chi connectivity index (χ2n) is 9.93. The standard InChI is InChI=1S/C21H32O6/c1-17(2,25-23)20-11-12-21(27-26-20)14(13-20)7-8-15-18(3,16(22)24-5)9-6-10-19(15,21)4/h13,15,23H,6-12H2,1-5H3/t15-,18+,19-,20+,21+/m0/s1. The molecule has 1 N–H and O–H groups in total. The Bertz CT molecular complexity index is 674. The second-order valence-corrected chi connectivity index (χ2v) is 9.93. The maximum absolute atomic E-state index is 12.7. The van der Waals surface area contributed by atoms with E-state index in [-0.39, 0.29) is 17.3 Å². The third-order valence-corrected chi connectivity index (χ3v) is 8.56. The predicted octanol–water partition coefficient (Wildman–Crippen LogP) is 4.19. The monoisotopic (exact) mass is 380 g/mol. The van der Waals surface area contributed by atoms with Gasteiger partial charge in [0.15, 0.2) is 5.60 Å². The molecule has 152 valence electrons. The van der Waals surface area contributed by atoms with Crippen molar-refractivity contribution < 1.29 is 29.5 Å². The molecule has 1 spiro atoms. The normalized spacial score (nSPS) is 46.3. The molecule has 0 unspecified atom stereocenters. The fraction of sp³-hybridized carbons (Fsp3) is 0.857. The van der Waals surface area contributed by atoms with Crippen molar-refractivity contribution in [3.05, 3.63) is 11.6 Å². The van der Waals surface area contributed by atoms with Crippen molar-refractivity contribution in [1.29, 1.82) is 0 Å². The summed E-state index contributed by atoms with van der Waals surface area (Å²) in [7, 11) is 1.48. The van der Waals surface area contributed by atoms with Crippen LogP contribution in [0, 0.1) is 16.7 Å². The number of hydrogen-bond donors (Lipinski definition) is 1. The lowest BCUT2D eigenvalue weighted by atomic mass is 9.43. The van der Waals surface area contributed by atoms with Gasteiger partial charge in [-0.05, 0) is 76.9 Å². The first-order chi connectivity index (χ1) is 12.6. The van der Waals surface area contributed by atoms with Gasteiger partial charge in [0.2, 0.25) is 0 Å². The van der Waals surface area contributed by atoms with Crippen LogP contribution in [0.2, 0.25) is 0 Å². The summed E-state index contributed by atoms with van der Waals surface area (Å²) < 4.78 is 5.20. The molecule has 6 nitrogen and oxygen atoms in total. The van der Waals surface area contributed by atoms with Crippen LogP contribution in [-0.4, -0.2) is 35.1 Å². The number of fused-ring (bicyclic) bond motifs is 3. The summed E-state index contributed by atoms with van der Waals surface area (Å²) in [5.74, 6) is 0.0682. The second kappa shape index (κ2) is 5.78. The number of carbonyl (C=O) groups excluding carboxylic acids is 1. The maximum Gasteiger partial charge on any atom is 0.311 e. The summed E-state index contributed by atoms with van der Waals surface area (Å²) in [6, 6.07) is 0. The van der Waals surface area contributed by atoms with Crippen molar-refractivity contribution in [2.24, 2.45) is 16.7 Å². The minimum Gasteiger partial charge on any atom is -0.469 e. The molecule has 3 fully saturated rings. The van der Waals surface area contributed by atoms with Crippen LogP contribution in [-0.2, 0) is 24.2 Å². The summed E-state index contributed by atoms with van der Waals surface area (Å²) in [6.07, 6.45) is 8.25. The zero-order chi connectivity index (χ0) is 19.7. The zero-order valence-electron chi connectivity index (χ0n) is 17.1. The highest BCUT2D eigenvalue weighted by molar-refractivity contribution is 5.77. The van der Waals surface area contributed by atoms with Gasteiger partial charge in [-0.1, -0.05) is 13.3 Å². The zero-order valence-corrected chi connectivity index (χ0v) is 17.1. The molecule has 0 aromatic rings. The van der Waals surface area contributed by atoms with Crippen LogP contribution >= 0.6 is 0 Å². The molecule has 5 aliphatic rings. The van der Waals surface area contributed by atoms with Crippen molar-refractivity contribution in [2.75, 3.05) is 7.11 Å². The van der Waals surface area contributed by atoms with Gasteiger partial charge < -0.3 is 4.74 Å². The maximum atomic E-state index is 12.7. The summed E-state index contributed by atoms with van der Waals surface area (Å²) in [5.41, 5.74) is -1.67. The Morgan fingerprint density at radius 1 is 1.22 bits per heavy atom. The molecular formula is C21H32O6. The Kier molecular flexibility index (Phi) is 4.15. The number of ether oxygens (including phenoxy) is 1. The molecule has 5 rings (SSSR count). The summed E-state index contributed by atoms with van der Waals surface area (Å²) in [6.45, 7) is 7.95. The lowest BCUT2D eigenvalue weighted by Gasteiger charge is -2.66. The van der Waals surface area contributed by atoms with Gasteiger partial charge in [-0.2, -0.15) is 0 Å². The topological polar surface area (TPSA) is 74.2 Å². The number of rotatable bonds is 3. The van der Waals surface area contributed by atoms with E-state index >= 15 is 0 Å². The van der Waals surface area contributed by atoms with E-state index < -0.39 is 22.2 Å². The molecular weight excluding hydrogens is 348 g/mol. The number of esters is 1. The lowest BCUT2D eigenvalue weighted by Crippen LogP contribution is -2.70. The molecule has 0 aromatic heterocycles. The molecule has 6 heteroatoms. The number of carbonyl (C=O) groups is 1. The van der Waals surface area contributed by atoms with Crippen LogP contribution in [0.1, 0.15) is 72.6 Å². The van der Waals surface area contributed by atoms with Crippen molar-refractivity contribution in [3.63, 3.8) is 0 Å². The van der Waals surface area contributed by atoms with E-state index in [0.717, 1.165) is 38.5 Å². The van der Waals surface area contributed by atoms with Gasteiger partial charge in [0.25, 0.3) is 0 Å². The van der Waals surface area contributed by atoms with Crippen molar-refractivity contribution in [1.82, 2.24) is 0 Å². The third-order valence-electron chi connectivity index (χ3n) is 8.56. The largest absolute Gasteiger partial charge is 0.469 e. The van der Waals surface area contributed by atoms with Crippen molar-refractivity contribution in [3.8, 4) is 0 Å². The molecule has 2 saturated carbocycles. The minimum absolute atomic E-state index is 0.112. The van der Waals surface area contributed by atoms with E-state index in [1.54, 1.807) is 0 Å². The molecule has 2 bridgehead atoms. The Balaban J connectivity index is 1.78. The predicted molar refractivity (Wildman–Crippen MR) is 97.5 cm³/mol. The van der Waals surface area contributed by atoms with E-state index in [2.05, 4.69) is 19.9 Å². The fourth-order valence-electron chi connectivity index (χ4n) is 6.75. The smallest absolute Gasteiger partial charge is 0.311 e. The van der Waals surface area contributed by atoms with E-state index in [9.17, 15) is 10.1 Å². The quantitative estimate of drug-likeness (QED) is 0.342. The summed E-state index contributed by atoms with van der Waals surface area (Å²) >= 11 is 0. The van der Waals surface area contributed by atoms with Crippen molar-refractivity contribution in [2.45, 2.75) is 89.4 Å². The minimum atomic E-state index is -0.905. The van der Waals surface area contributed by atoms with Crippen LogP contribution in [0.15, 0.2) is 11.6 Å². The highest BCUT2D eigenvalue weighted by atomic mass is 17.2. The van der Waals surface area contributed by atoms with E-state index in [1.165, 1.54) is 12.7 Å². The lowest BCUT2D eigenvalue weighted by molar-refractivity contribution is -0.494. The average molecular weight is 380 g/mol. The average Bonchev–Trinajstić information content (AvgIpc) is 2.67. The molecule has 5 atom stereocenters. The molecule has 1 saturated heterocycles. The van der Waals surface area contributed by atoms with Crippen LogP contribution < -0.4 is 0 Å². The van der Waals surface area contributed by atoms with Crippen LogP contribution in [0.25, 0.3) is 0 Å². The summed E-state index contributed by atoms with van der Waals surface area (Å²) in [5, 5.41) is 9.43. The first-order valence-electron chi connectivity index (χ1n) is 10.1. The molecule has 2 aliphatic heterocycles. The fourth-order valence-corrected chi connectivity index (χ4v) is 6.75. The Morgan fingerprint density at radius 2 is 1.96 bits per heavy atom. The van der Waals surface area contributed by atoms with Crippen LogP contribution in [0.5, 0.6) is 0 Å². The highest BCUT2D eigenvalue weighted by Crippen LogP contribution is 2.69. The number of hydrogen-bond acceptors (Lipinski definition) is 6. The van der Waals surface area contributed by atoms with Gasteiger partial charge in [-0.3, -0.25) is 10.1 Å². The Morgan fingerprint density at radius 3 is 2.56 bits per heavy atom. The van der Waals surface area contributed by atoms with Gasteiger partial charge in [0.05, 0.1) is 12.5 Å². The molecule has 0 radical (unpaired) electrons. The van der Waals surface area contributed by atoms with E-state index in [4.69, 9.17) is 19.4 Å². The first kappa shape index (κ1) is 19.4. The molecule has 3 aliphatic carbocycles. The van der Waals surface area contributed by atoms with Gasteiger partial charge in [-0.15, -0.1) is 0 Å². The first-order valence-corrected chi connectivity index (χ1v) is 10.1. The molecule has 27 heavy (non-hydrogen) atoms. The van der Waals surface area contributed by atoms with Gasteiger partial charge in [-0.25, -0.2) is 14.7 Å². The van der Waals surface area contributed by atoms with Crippen LogP contribution in [0.4, 0.5) is 0 Å². The third kappa shape index (κ3) is 2.18. The SMILES string of the molecule is COC(=O)[C@]1(C)CCC[C@@]2(C)[C@H]1CCC1=C[C@@]3(C(C)(C)OO)CC[C@@]12OO3. The Hall–Kier alpha value is -0.950. The molecule has 0 aromatic carbocycles. The highest BCUT2D eigenvalue weighted by Gasteiger charge is 2.71. The Labute approximate surface area is 161 Å². The van der Waals surface area contributed by atoms with E-state index in [1.807, 2.05) is 13.8 Å². The molecule has 2 heterocycles. The number of methoxy groups -OCH3 is 1.